The fourth-order valence-corrected chi connectivity index (χ4v) is 4.02. The molecular weight excluding hydrogens is 453 g/mol. The van der Waals surface area contributed by atoms with Gasteiger partial charge in [-0.2, -0.15) is 5.26 Å². The molecule has 1 amide bonds. The van der Waals surface area contributed by atoms with Crippen molar-refractivity contribution in [2.75, 3.05) is 0 Å². The summed E-state index contributed by atoms with van der Waals surface area (Å²) in [5.41, 5.74) is 2.23. The summed E-state index contributed by atoms with van der Waals surface area (Å²) in [6, 6.07) is 12.8. The van der Waals surface area contributed by atoms with E-state index in [4.69, 9.17) is 16.9 Å². The molecule has 2 atom stereocenters. The van der Waals surface area contributed by atoms with Crippen molar-refractivity contribution in [3.63, 3.8) is 0 Å². The highest BCUT2D eigenvalue weighted by Crippen LogP contribution is 2.27. The van der Waals surface area contributed by atoms with Gasteiger partial charge < -0.3 is 10.4 Å². The van der Waals surface area contributed by atoms with Gasteiger partial charge in [0.05, 0.1) is 23.7 Å². The van der Waals surface area contributed by atoms with Crippen LogP contribution in [0.1, 0.15) is 28.8 Å². The average Bonchev–Trinajstić information content (AvgIpc) is 3.31. The van der Waals surface area contributed by atoms with Gasteiger partial charge in [-0.05, 0) is 53.7 Å². The van der Waals surface area contributed by atoms with E-state index in [9.17, 15) is 19.1 Å². The van der Waals surface area contributed by atoms with Gasteiger partial charge in [-0.25, -0.2) is 8.76 Å². The van der Waals surface area contributed by atoms with Crippen molar-refractivity contribution >= 4 is 35.0 Å². The Hall–Kier alpha value is -3.28. The maximum Gasteiger partial charge on any atom is 0.307 e. The molecule has 2 aromatic carbocycles. The molecule has 0 aliphatic carbocycles. The Morgan fingerprint density at radius 1 is 1.25 bits per heavy atom. The van der Waals surface area contributed by atoms with Crippen LogP contribution in [0.25, 0.3) is 11.1 Å². The van der Waals surface area contributed by atoms with Gasteiger partial charge in [-0.3, -0.25) is 9.59 Å². The average molecular weight is 472 g/mol. The Labute approximate surface area is 193 Å². The number of nitrogens with zero attached hydrogens (tertiary/aromatic N) is 2. The van der Waals surface area contributed by atoms with Crippen molar-refractivity contribution in [1.29, 1.82) is 5.26 Å². The molecule has 0 unspecified atom stereocenters. The standard InChI is InChI=1S/C23H19ClFN3O3S/c24-18-5-6-21(25)20(11-18)15-3-1-14(2-4-15)9-19(10-16(7-8-26)23(30)31)28-22(29)17-12-27-32-13-17/h1-6,11-13,16,19H,7,9-10H2,(H,28,29)(H,30,31)/t16-,19-/m1/s1. The highest BCUT2D eigenvalue weighted by molar-refractivity contribution is 7.03. The van der Waals surface area contributed by atoms with Crippen molar-refractivity contribution in [3.8, 4) is 17.2 Å². The van der Waals surface area contributed by atoms with E-state index in [0.29, 0.717) is 28.1 Å². The van der Waals surface area contributed by atoms with Crippen LogP contribution in [0, 0.1) is 23.1 Å². The molecule has 6 nitrogen and oxygen atoms in total. The van der Waals surface area contributed by atoms with Crippen LogP contribution >= 0.6 is 23.1 Å². The smallest absolute Gasteiger partial charge is 0.307 e. The number of carboxylic acids is 1. The van der Waals surface area contributed by atoms with Crippen molar-refractivity contribution in [2.24, 2.45) is 5.92 Å². The first kappa shape index (κ1) is 23.4. The van der Waals surface area contributed by atoms with Gasteiger partial charge in [0.25, 0.3) is 5.91 Å². The van der Waals surface area contributed by atoms with Crippen LogP contribution in [0.5, 0.6) is 0 Å². The van der Waals surface area contributed by atoms with Crippen molar-refractivity contribution in [2.45, 2.75) is 25.3 Å². The van der Waals surface area contributed by atoms with E-state index in [-0.39, 0.29) is 18.7 Å². The van der Waals surface area contributed by atoms with Gasteiger partial charge in [0, 0.05) is 28.4 Å². The zero-order valence-corrected chi connectivity index (χ0v) is 18.4. The molecule has 0 radical (unpaired) electrons. The quantitative estimate of drug-likeness (QED) is 0.459. The second-order valence-corrected chi connectivity index (χ2v) is 8.34. The van der Waals surface area contributed by atoms with E-state index in [1.54, 1.807) is 35.7 Å². The predicted octanol–water partition coefficient (Wildman–Crippen LogP) is 4.95. The summed E-state index contributed by atoms with van der Waals surface area (Å²) >= 11 is 7.12. The number of aliphatic carboxylic acids is 1. The number of carbonyl (C=O) groups excluding carboxylic acids is 1. The largest absolute Gasteiger partial charge is 0.481 e. The minimum Gasteiger partial charge on any atom is -0.481 e. The number of hydrogen-bond acceptors (Lipinski definition) is 5. The third-order valence-corrected chi connectivity index (χ3v) is 5.78. The van der Waals surface area contributed by atoms with Crippen molar-refractivity contribution < 1.29 is 19.1 Å². The van der Waals surface area contributed by atoms with Gasteiger partial charge in [0.2, 0.25) is 0 Å². The Morgan fingerprint density at radius 3 is 2.62 bits per heavy atom. The van der Waals surface area contributed by atoms with E-state index in [1.807, 2.05) is 6.07 Å². The second-order valence-electron chi connectivity index (χ2n) is 7.24. The van der Waals surface area contributed by atoms with E-state index < -0.39 is 23.7 Å². The zero-order valence-electron chi connectivity index (χ0n) is 16.8. The summed E-state index contributed by atoms with van der Waals surface area (Å²) in [7, 11) is 0. The number of nitrogens with one attached hydrogen (secondary N) is 1. The van der Waals surface area contributed by atoms with Gasteiger partial charge in [0.15, 0.2) is 0 Å². The molecule has 2 N–H and O–H groups in total. The summed E-state index contributed by atoms with van der Waals surface area (Å²) < 4.78 is 18.1. The number of halogens is 2. The normalized spacial score (nSPS) is 12.5. The van der Waals surface area contributed by atoms with E-state index in [1.165, 1.54) is 18.3 Å². The molecule has 1 aromatic heterocycles. The maximum atomic E-state index is 14.1. The fraction of sp³-hybridized carbons (Fsp3) is 0.217. The van der Waals surface area contributed by atoms with Crippen LogP contribution < -0.4 is 5.32 Å². The fourth-order valence-electron chi connectivity index (χ4n) is 3.33. The molecule has 164 valence electrons. The first-order valence-corrected chi connectivity index (χ1v) is 10.9. The molecule has 9 heteroatoms. The van der Waals surface area contributed by atoms with Crippen molar-refractivity contribution in [1.82, 2.24) is 9.69 Å². The molecular formula is C23H19ClFN3O3S. The molecule has 0 saturated carbocycles. The minimum absolute atomic E-state index is 0.0941. The van der Waals surface area contributed by atoms with Crippen LogP contribution in [0.15, 0.2) is 54.0 Å². The Kier molecular flexibility index (Phi) is 7.92. The lowest BCUT2D eigenvalue weighted by Gasteiger charge is -2.21. The second kappa shape index (κ2) is 10.8. The predicted molar refractivity (Wildman–Crippen MR) is 120 cm³/mol. The molecule has 0 bridgehead atoms. The lowest BCUT2D eigenvalue weighted by molar-refractivity contribution is -0.142. The number of rotatable bonds is 9. The van der Waals surface area contributed by atoms with Gasteiger partial charge in [-0.15, -0.1) is 0 Å². The lowest BCUT2D eigenvalue weighted by Crippen LogP contribution is -2.39. The first-order valence-electron chi connectivity index (χ1n) is 9.71. The number of carboxylic acid groups (broad SMARTS) is 1. The Morgan fingerprint density at radius 2 is 2.00 bits per heavy atom. The molecule has 0 aliphatic rings. The molecule has 0 saturated heterocycles. The molecule has 1 heterocycles. The number of hydrogen-bond donors (Lipinski definition) is 2. The Balaban J connectivity index is 1.80. The van der Waals surface area contributed by atoms with Crippen LogP contribution in [-0.4, -0.2) is 27.4 Å². The summed E-state index contributed by atoms with van der Waals surface area (Å²) in [5.74, 6) is -2.75. The molecule has 3 aromatic rings. The third-order valence-electron chi connectivity index (χ3n) is 4.96. The topological polar surface area (TPSA) is 103 Å². The van der Waals surface area contributed by atoms with E-state index in [0.717, 1.165) is 17.1 Å². The summed E-state index contributed by atoms with van der Waals surface area (Å²) in [6.07, 6.45) is 1.72. The van der Waals surface area contributed by atoms with E-state index in [2.05, 4.69) is 9.69 Å². The third kappa shape index (κ3) is 6.13. The summed E-state index contributed by atoms with van der Waals surface area (Å²) in [6.45, 7) is 0. The minimum atomic E-state index is -1.09. The summed E-state index contributed by atoms with van der Waals surface area (Å²) in [5, 5.41) is 23.3. The number of aromatic nitrogens is 1. The highest BCUT2D eigenvalue weighted by Gasteiger charge is 2.24. The van der Waals surface area contributed by atoms with Gasteiger partial charge in [0.1, 0.15) is 5.82 Å². The van der Waals surface area contributed by atoms with Crippen LogP contribution in [0.4, 0.5) is 4.39 Å². The van der Waals surface area contributed by atoms with Crippen molar-refractivity contribution in [3.05, 3.63) is 76.0 Å². The number of amides is 1. The van der Waals surface area contributed by atoms with Gasteiger partial charge in [-0.1, -0.05) is 35.9 Å². The molecule has 0 spiro atoms. The number of benzene rings is 2. The zero-order chi connectivity index (χ0) is 23.1. The first-order chi connectivity index (χ1) is 15.4. The van der Waals surface area contributed by atoms with Crippen LogP contribution in [0.3, 0.4) is 0 Å². The van der Waals surface area contributed by atoms with Gasteiger partial charge >= 0.3 is 5.97 Å². The number of carbonyl (C=O) groups is 2. The monoisotopic (exact) mass is 471 g/mol. The van der Waals surface area contributed by atoms with E-state index >= 15 is 0 Å². The highest BCUT2D eigenvalue weighted by atomic mass is 35.5. The molecule has 32 heavy (non-hydrogen) atoms. The molecule has 0 fully saturated rings. The molecule has 0 aliphatic heterocycles. The maximum absolute atomic E-state index is 14.1. The SMILES string of the molecule is N#CC[C@H](C[C@@H](Cc1ccc(-c2cc(Cl)ccc2F)cc1)NC(=O)c1cnsc1)C(=O)O. The van der Waals surface area contributed by atoms with Crippen LogP contribution in [-0.2, 0) is 11.2 Å². The lowest BCUT2D eigenvalue weighted by atomic mass is 9.92. The number of nitriles is 1. The Bertz CT molecular complexity index is 1130. The molecule has 3 rings (SSSR count). The van der Waals surface area contributed by atoms with Crippen LogP contribution in [0.2, 0.25) is 5.02 Å². The summed E-state index contributed by atoms with van der Waals surface area (Å²) in [4.78, 5) is 24.0.